The molecule has 0 aliphatic carbocycles. The Kier molecular flexibility index (Phi) is 7.04. The summed E-state index contributed by atoms with van der Waals surface area (Å²) in [6, 6.07) is 8.38. The van der Waals surface area contributed by atoms with Crippen LogP contribution in [0.2, 0.25) is 0 Å². The van der Waals surface area contributed by atoms with E-state index in [2.05, 4.69) is 15.5 Å². The third-order valence-corrected chi connectivity index (χ3v) is 6.69. The van der Waals surface area contributed by atoms with Gasteiger partial charge in [0.2, 0.25) is 11.8 Å². The first-order valence-electron chi connectivity index (χ1n) is 12.2. The van der Waals surface area contributed by atoms with Gasteiger partial charge in [0.05, 0.1) is 23.5 Å². The number of hydrogen-bond donors (Lipinski definition) is 2. The number of likely N-dealkylation sites (tertiary alicyclic amines) is 1. The number of nitrogens with one attached hydrogen (secondary N) is 1. The Morgan fingerprint density at radius 1 is 1.19 bits per heavy atom. The number of aliphatic hydroxyl groups excluding tert-OH is 1. The lowest BCUT2D eigenvalue weighted by Crippen LogP contribution is -2.49. The first-order chi connectivity index (χ1) is 17.0. The fourth-order valence-corrected chi connectivity index (χ4v) is 4.80. The first-order valence-corrected chi connectivity index (χ1v) is 12.2. The van der Waals surface area contributed by atoms with E-state index < -0.39 is 23.5 Å². The highest BCUT2D eigenvalue weighted by atomic mass is 16.5. The number of rotatable bonds is 6. The summed E-state index contributed by atoms with van der Waals surface area (Å²) in [6.07, 6.45) is 0.819. The SMILES string of the molecule is Cc1cc(C(C(=O)N2C[C@H](O)C[C@H]2C(=O)N[C@@H](C)c2ccc(-c3ocnc3C)cc2)C(C)(C)C)on1. The van der Waals surface area contributed by atoms with Crippen molar-refractivity contribution < 1.29 is 23.6 Å². The Bertz CT molecular complexity index is 1220. The van der Waals surface area contributed by atoms with Gasteiger partial charge < -0.3 is 24.3 Å². The molecule has 0 spiro atoms. The van der Waals surface area contributed by atoms with Gasteiger partial charge in [-0.25, -0.2) is 4.98 Å². The molecule has 2 N–H and O–H groups in total. The molecular formula is C27H34N4O5. The largest absolute Gasteiger partial charge is 0.443 e. The van der Waals surface area contributed by atoms with Crippen LogP contribution in [-0.2, 0) is 9.59 Å². The summed E-state index contributed by atoms with van der Waals surface area (Å²) in [5.41, 5.74) is 2.82. The van der Waals surface area contributed by atoms with Crippen LogP contribution in [-0.4, -0.2) is 50.7 Å². The summed E-state index contributed by atoms with van der Waals surface area (Å²) < 4.78 is 10.9. The van der Waals surface area contributed by atoms with Crippen molar-refractivity contribution in [3.63, 3.8) is 0 Å². The predicted molar refractivity (Wildman–Crippen MR) is 133 cm³/mol. The standard InChI is InChI=1S/C27H34N4O5/c1-15-11-22(36-30-15)23(27(4,5)6)26(34)31-13-20(32)12-21(31)25(33)29-16(2)18-7-9-19(10-8-18)24-17(3)28-14-35-24/h7-11,14,16,20-21,23,32H,12-13H2,1-6H3,(H,29,33)/t16-,20+,21-,23?/m0/s1. The topological polar surface area (TPSA) is 122 Å². The van der Waals surface area contributed by atoms with E-state index in [1.54, 1.807) is 13.0 Å². The van der Waals surface area contributed by atoms with Crippen LogP contribution in [0.15, 0.2) is 45.7 Å². The third kappa shape index (κ3) is 5.21. The Balaban J connectivity index is 1.50. The first kappa shape index (κ1) is 25.6. The van der Waals surface area contributed by atoms with Gasteiger partial charge in [-0.15, -0.1) is 0 Å². The fraction of sp³-hybridized carbons (Fsp3) is 0.481. The number of β-amino-alcohol motifs (C(OH)–C–C–N with tert-alkyl or cyclic N) is 1. The van der Waals surface area contributed by atoms with Crippen LogP contribution in [0.1, 0.15) is 68.8 Å². The molecule has 4 atom stereocenters. The van der Waals surface area contributed by atoms with E-state index in [9.17, 15) is 14.7 Å². The summed E-state index contributed by atoms with van der Waals surface area (Å²) in [5.74, 6) is -0.0220. The van der Waals surface area contributed by atoms with Gasteiger partial charge in [0.1, 0.15) is 17.7 Å². The second kappa shape index (κ2) is 9.89. The lowest BCUT2D eigenvalue weighted by Gasteiger charge is -2.33. The zero-order valence-corrected chi connectivity index (χ0v) is 21.6. The Labute approximate surface area is 210 Å². The molecule has 4 rings (SSSR count). The average Bonchev–Trinajstić information content (AvgIpc) is 3.53. The number of nitrogens with zero attached hydrogens (tertiary/aromatic N) is 3. The molecule has 1 saturated heterocycles. The number of carbonyl (C=O) groups is 2. The van der Waals surface area contributed by atoms with Crippen LogP contribution in [0.4, 0.5) is 0 Å². The molecule has 36 heavy (non-hydrogen) atoms. The smallest absolute Gasteiger partial charge is 0.243 e. The summed E-state index contributed by atoms with van der Waals surface area (Å²) in [6.45, 7) is 11.5. The molecule has 3 aromatic rings. The van der Waals surface area contributed by atoms with Crippen LogP contribution in [0.5, 0.6) is 0 Å². The quantitative estimate of drug-likeness (QED) is 0.533. The van der Waals surface area contributed by atoms with E-state index in [0.717, 1.165) is 16.8 Å². The summed E-state index contributed by atoms with van der Waals surface area (Å²) in [5, 5.41) is 17.4. The lowest BCUT2D eigenvalue weighted by atomic mass is 9.78. The highest BCUT2D eigenvalue weighted by Crippen LogP contribution is 2.38. The number of aromatic nitrogens is 2. The van der Waals surface area contributed by atoms with Crippen LogP contribution in [0.25, 0.3) is 11.3 Å². The molecular weight excluding hydrogens is 460 g/mol. The Morgan fingerprint density at radius 2 is 1.89 bits per heavy atom. The van der Waals surface area contributed by atoms with Gasteiger partial charge in [-0.3, -0.25) is 9.59 Å². The molecule has 1 unspecified atom stereocenters. The third-order valence-electron chi connectivity index (χ3n) is 6.69. The minimum absolute atomic E-state index is 0.0935. The minimum atomic E-state index is -0.778. The van der Waals surface area contributed by atoms with Crippen LogP contribution >= 0.6 is 0 Å². The normalized spacial score (nSPS) is 19.8. The van der Waals surface area contributed by atoms with Crippen LogP contribution in [0.3, 0.4) is 0 Å². The van der Waals surface area contributed by atoms with Gasteiger partial charge in [-0.2, -0.15) is 0 Å². The Hall–Kier alpha value is -3.46. The maximum atomic E-state index is 13.7. The number of aliphatic hydroxyl groups is 1. The zero-order chi connectivity index (χ0) is 26.2. The maximum absolute atomic E-state index is 13.7. The molecule has 0 radical (unpaired) electrons. The molecule has 1 fully saturated rings. The highest BCUT2D eigenvalue weighted by Gasteiger charge is 2.46. The second-order valence-electron chi connectivity index (χ2n) is 10.7. The molecule has 1 aliphatic heterocycles. The molecule has 9 heteroatoms. The maximum Gasteiger partial charge on any atom is 0.243 e. The van der Waals surface area contributed by atoms with Crippen LogP contribution in [0, 0.1) is 19.3 Å². The monoisotopic (exact) mass is 494 g/mol. The molecule has 9 nitrogen and oxygen atoms in total. The van der Waals surface area contributed by atoms with Crippen molar-refractivity contribution >= 4 is 11.8 Å². The van der Waals surface area contributed by atoms with Gasteiger partial charge in [0.15, 0.2) is 12.2 Å². The van der Waals surface area contributed by atoms with Crippen molar-refractivity contribution in [1.82, 2.24) is 20.4 Å². The molecule has 2 aromatic heterocycles. The number of benzene rings is 1. The average molecular weight is 495 g/mol. The van der Waals surface area contributed by atoms with Gasteiger partial charge in [-0.05, 0) is 31.7 Å². The molecule has 0 bridgehead atoms. The predicted octanol–water partition coefficient (Wildman–Crippen LogP) is 3.92. The minimum Gasteiger partial charge on any atom is -0.443 e. The molecule has 1 aliphatic rings. The summed E-state index contributed by atoms with van der Waals surface area (Å²) >= 11 is 0. The van der Waals surface area contributed by atoms with Crippen molar-refractivity contribution in [1.29, 1.82) is 0 Å². The molecule has 0 saturated carbocycles. The summed E-state index contributed by atoms with van der Waals surface area (Å²) in [4.78, 5) is 32.7. The lowest BCUT2D eigenvalue weighted by molar-refractivity contribution is -0.142. The molecule has 3 heterocycles. The van der Waals surface area contributed by atoms with Crippen molar-refractivity contribution in [2.45, 2.75) is 72.1 Å². The van der Waals surface area contributed by atoms with Gasteiger partial charge in [0.25, 0.3) is 0 Å². The van der Waals surface area contributed by atoms with Gasteiger partial charge in [0, 0.05) is 24.6 Å². The number of oxazole rings is 1. The van der Waals surface area contributed by atoms with Crippen LogP contribution < -0.4 is 5.32 Å². The molecule has 1 aromatic carbocycles. The van der Waals surface area contributed by atoms with E-state index >= 15 is 0 Å². The molecule has 2 amide bonds. The number of hydrogen-bond acceptors (Lipinski definition) is 7. The number of carbonyl (C=O) groups excluding carboxylic acids is 2. The number of aryl methyl sites for hydroxylation is 2. The Morgan fingerprint density at radius 3 is 2.44 bits per heavy atom. The van der Waals surface area contributed by atoms with Crippen molar-refractivity contribution in [3.05, 3.63) is 59.4 Å². The van der Waals surface area contributed by atoms with Crippen molar-refractivity contribution in [2.75, 3.05) is 6.54 Å². The zero-order valence-electron chi connectivity index (χ0n) is 21.6. The van der Waals surface area contributed by atoms with E-state index in [1.807, 2.05) is 58.9 Å². The summed E-state index contributed by atoms with van der Waals surface area (Å²) in [7, 11) is 0. The van der Waals surface area contributed by atoms with E-state index in [1.165, 1.54) is 11.3 Å². The van der Waals surface area contributed by atoms with Gasteiger partial charge >= 0.3 is 0 Å². The van der Waals surface area contributed by atoms with E-state index in [0.29, 0.717) is 17.2 Å². The van der Waals surface area contributed by atoms with E-state index in [-0.39, 0.29) is 30.8 Å². The second-order valence-corrected chi connectivity index (χ2v) is 10.7. The van der Waals surface area contributed by atoms with E-state index in [4.69, 9.17) is 8.94 Å². The molecule has 192 valence electrons. The van der Waals surface area contributed by atoms with Gasteiger partial charge in [-0.1, -0.05) is 50.2 Å². The van der Waals surface area contributed by atoms with Crippen molar-refractivity contribution in [3.8, 4) is 11.3 Å². The fourth-order valence-electron chi connectivity index (χ4n) is 4.80. The number of amides is 2. The highest BCUT2D eigenvalue weighted by molar-refractivity contribution is 5.91. The van der Waals surface area contributed by atoms with Crippen molar-refractivity contribution in [2.24, 2.45) is 5.41 Å².